The van der Waals surface area contributed by atoms with Crippen LogP contribution in [0.25, 0.3) is 0 Å². The summed E-state index contributed by atoms with van der Waals surface area (Å²) < 4.78 is 48.5. The first kappa shape index (κ1) is 30.9. The van der Waals surface area contributed by atoms with Gasteiger partial charge in [-0.25, -0.2) is 4.98 Å². The number of halogens is 3. The third-order valence-corrected chi connectivity index (χ3v) is 8.82. The summed E-state index contributed by atoms with van der Waals surface area (Å²) in [5.74, 6) is 0.956. The lowest BCUT2D eigenvalue weighted by Crippen LogP contribution is -2.45. The lowest BCUT2D eigenvalue weighted by molar-refractivity contribution is -0.139. The number of carbonyl (C=O) groups excluding carboxylic acids is 2. The van der Waals surface area contributed by atoms with Crippen molar-refractivity contribution in [2.24, 2.45) is 0 Å². The Hall–Kier alpha value is -4.10. The number of pyridine rings is 3. The zero-order chi connectivity index (χ0) is 31.7. The van der Waals surface area contributed by atoms with Crippen molar-refractivity contribution < 1.29 is 27.5 Å². The van der Waals surface area contributed by atoms with Crippen molar-refractivity contribution in [3.8, 4) is 11.5 Å². The number of likely N-dealkylation sites (N-methyl/N-ethyl adjacent to an activating group) is 1. The number of carbonyl (C=O) groups is 2. The molecule has 13 heteroatoms. The van der Waals surface area contributed by atoms with Crippen molar-refractivity contribution in [1.29, 1.82) is 0 Å². The van der Waals surface area contributed by atoms with Crippen LogP contribution in [0.4, 0.5) is 19.0 Å². The summed E-state index contributed by atoms with van der Waals surface area (Å²) in [5.41, 5.74) is 1.78. The molecule has 0 saturated carbocycles. The monoisotopic (exact) mass is 623 g/mol. The molecule has 1 unspecified atom stereocenters. The Morgan fingerprint density at radius 3 is 2.58 bits per heavy atom. The van der Waals surface area contributed by atoms with E-state index in [1.54, 1.807) is 23.4 Å². The van der Waals surface area contributed by atoms with E-state index in [1.807, 2.05) is 17.9 Å². The Morgan fingerprint density at radius 2 is 1.84 bits per heavy atom. The standard InChI is InChI=1S/C32H36F3N7O3/c1-3-21-17-42(18-22-13-23(16-38-30(21)22)45-27-5-6-36-31-24(27)14-28(43)39-31)29(44)12-20-11-25(32(33,34)35)26(37-15-20)19-41-9-7-40(4-2)8-10-41/h5-6,11,13,15-16,21H,3-4,7-10,12,14,17-19H2,1-2H3,(H,36,39,43). The van der Waals surface area contributed by atoms with Gasteiger partial charge in [-0.2, -0.15) is 13.2 Å². The van der Waals surface area contributed by atoms with Gasteiger partial charge in [-0.1, -0.05) is 13.8 Å². The molecule has 1 N–H and O–H groups in total. The molecule has 0 spiro atoms. The minimum atomic E-state index is -4.58. The van der Waals surface area contributed by atoms with E-state index in [1.165, 1.54) is 6.20 Å². The van der Waals surface area contributed by atoms with Gasteiger partial charge in [0.15, 0.2) is 0 Å². The fourth-order valence-corrected chi connectivity index (χ4v) is 6.26. The third-order valence-electron chi connectivity index (χ3n) is 8.82. The van der Waals surface area contributed by atoms with Gasteiger partial charge in [0.2, 0.25) is 11.8 Å². The number of anilines is 1. The van der Waals surface area contributed by atoms with E-state index in [0.717, 1.165) is 43.4 Å². The van der Waals surface area contributed by atoms with E-state index in [0.29, 0.717) is 42.5 Å². The van der Waals surface area contributed by atoms with Crippen LogP contribution in [-0.4, -0.2) is 80.7 Å². The average molecular weight is 624 g/mol. The van der Waals surface area contributed by atoms with Gasteiger partial charge in [0.25, 0.3) is 0 Å². The molecule has 2 amide bonds. The summed E-state index contributed by atoms with van der Waals surface area (Å²) in [4.78, 5) is 44.4. The van der Waals surface area contributed by atoms with Crippen LogP contribution >= 0.6 is 0 Å². The van der Waals surface area contributed by atoms with Crippen LogP contribution in [0.1, 0.15) is 59.8 Å². The maximum Gasteiger partial charge on any atom is 0.418 e. The van der Waals surface area contributed by atoms with Crippen molar-refractivity contribution in [2.45, 2.75) is 58.3 Å². The molecule has 3 aromatic heterocycles. The van der Waals surface area contributed by atoms with Crippen molar-refractivity contribution in [3.63, 3.8) is 0 Å². The quantitative estimate of drug-likeness (QED) is 0.394. The normalized spacial score (nSPS) is 18.8. The topological polar surface area (TPSA) is 104 Å². The lowest BCUT2D eigenvalue weighted by Gasteiger charge is -2.34. The molecule has 6 rings (SSSR count). The number of piperazine rings is 1. The third kappa shape index (κ3) is 6.79. The second-order valence-corrected chi connectivity index (χ2v) is 11.8. The number of hydrogen-bond acceptors (Lipinski definition) is 8. The molecule has 1 fully saturated rings. The Balaban J connectivity index is 1.17. The van der Waals surface area contributed by atoms with E-state index in [2.05, 4.69) is 32.1 Å². The number of rotatable bonds is 8. The van der Waals surface area contributed by atoms with E-state index in [9.17, 15) is 22.8 Å². The molecule has 1 saturated heterocycles. The van der Waals surface area contributed by atoms with Gasteiger partial charge in [-0.05, 0) is 42.3 Å². The molecule has 1 atom stereocenters. The van der Waals surface area contributed by atoms with Crippen LogP contribution in [0.5, 0.6) is 11.5 Å². The van der Waals surface area contributed by atoms with Crippen molar-refractivity contribution in [2.75, 3.05) is 44.6 Å². The summed E-state index contributed by atoms with van der Waals surface area (Å²) in [7, 11) is 0. The highest BCUT2D eigenvalue weighted by Crippen LogP contribution is 2.36. The molecule has 10 nitrogen and oxygen atoms in total. The van der Waals surface area contributed by atoms with Gasteiger partial charge in [-0.15, -0.1) is 0 Å². The Kier molecular flexibility index (Phi) is 8.74. The summed E-state index contributed by atoms with van der Waals surface area (Å²) in [5, 5.41) is 2.70. The second kappa shape index (κ2) is 12.7. The number of nitrogens with zero attached hydrogens (tertiary/aromatic N) is 6. The van der Waals surface area contributed by atoms with Gasteiger partial charge in [0, 0.05) is 69.7 Å². The molecule has 3 aromatic rings. The summed E-state index contributed by atoms with van der Waals surface area (Å²) >= 11 is 0. The second-order valence-electron chi connectivity index (χ2n) is 11.8. The number of alkyl halides is 3. The molecule has 3 aliphatic rings. The van der Waals surface area contributed by atoms with Gasteiger partial charge in [-0.3, -0.25) is 24.5 Å². The minimum absolute atomic E-state index is 0.0137. The first-order valence-electron chi connectivity index (χ1n) is 15.3. The molecule has 3 aliphatic heterocycles. The number of nitrogens with one attached hydrogen (secondary N) is 1. The highest BCUT2D eigenvalue weighted by molar-refractivity contribution is 5.98. The van der Waals surface area contributed by atoms with E-state index in [-0.39, 0.29) is 54.9 Å². The SMILES string of the molecule is CCC1CN(C(=O)Cc2cnc(CN3CCN(CC)CC3)c(C(F)(F)F)c2)Cc2cc(Oc3ccnc4c3CC(=O)N4)cnc21. The van der Waals surface area contributed by atoms with Gasteiger partial charge in [0.1, 0.15) is 17.3 Å². The zero-order valence-electron chi connectivity index (χ0n) is 25.4. The van der Waals surface area contributed by atoms with E-state index in [4.69, 9.17) is 4.74 Å². The first-order valence-corrected chi connectivity index (χ1v) is 15.3. The highest BCUT2D eigenvalue weighted by Gasteiger charge is 2.36. The van der Waals surface area contributed by atoms with Crippen LogP contribution in [0.3, 0.4) is 0 Å². The number of hydrogen-bond donors (Lipinski definition) is 1. The van der Waals surface area contributed by atoms with Crippen molar-refractivity contribution in [1.82, 2.24) is 29.7 Å². The van der Waals surface area contributed by atoms with Crippen LogP contribution in [0.2, 0.25) is 0 Å². The van der Waals surface area contributed by atoms with E-state index < -0.39 is 11.7 Å². The molecule has 0 radical (unpaired) electrons. The predicted octanol–water partition coefficient (Wildman–Crippen LogP) is 4.39. The molecule has 45 heavy (non-hydrogen) atoms. The largest absolute Gasteiger partial charge is 0.455 e. The van der Waals surface area contributed by atoms with Crippen LogP contribution < -0.4 is 10.1 Å². The van der Waals surface area contributed by atoms with E-state index >= 15 is 0 Å². The summed E-state index contributed by atoms with van der Waals surface area (Å²) in [6.07, 6.45) is 0.717. The Labute approximate surface area is 259 Å². The van der Waals surface area contributed by atoms with Crippen LogP contribution in [-0.2, 0) is 41.7 Å². The maximum atomic E-state index is 14.1. The molecule has 238 valence electrons. The van der Waals surface area contributed by atoms with Crippen molar-refractivity contribution >= 4 is 17.6 Å². The zero-order valence-corrected chi connectivity index (χ0v) is 25.4. The summed E-state index contributed by atoms with van der Waals surface area (Å²) in [6.45, 7) is 8.80. The molecular formula is C32H36F3N7O3. The van der Waals surface area contributed by atoms with Gasteiger partial charge < -0.3 is 19.9 Å². The lowest BCUT2D eigenvalue weighted by atomic mass is 9.92. The highest BCUT2D eigenvalue weighted by atomic mass is 19.4. The molecule has 0 bridgehead atoms. The molecular weight excluding hydrogens is 587 g/mol. The van der Waals surface area contributed by atoms with Crippen molar-refractivity contribution in [3.05, 3.63) is 70.4 Å². The fourth-order valence-electron chi connectivity index (χ4n) is 6.26. The fraction of sp³-hybridized carbons (Fsp3) is 0.469. The number of ether oxygens (including phenoxy) is 1. The maximum absolute atomic E-state index is 14.1. The Bertz CT molecular complexity index is 1590. The minimum Gasteiger partial charge on any atom is -0.455 e. The predicted molar refractivity (Wildman–Crippen MR) is 160 cm³/mol. The number of aromatic nitrogens is 3. The number of amides is 2. The number of fused-ring (bicyclic) bond motifs is 2. The molecule has 0 aliphatic carbocycles. The molecule has 0 aromatic carbocycles. The molecule has 6 heterocycles. The first-order chi connectivity index (χ1) is 21.6. The van der Waals surface area contributed by atoms with Crippen LogP contribution in [0, 0.1) is 0 Å². The Morgan fingerprint density at radius 1 is 1.07 bits per heavy atom. The smallest absolute Gasteiger partial charge is 0.418 e. The average Bonchev–Trinajstić information content (AvgIpc) is 3.42. The van der Waals surface area contributed by atoms with Crippen LogP contribution in [0.15, 0.2) is 36.8 Å². The summed E-state index contributed by atoms with van der Waals surface area (Å²) in [6, 6.07) is 4.60. The van der Waals surface area contributed by atoms with Gasteiger partial charge >= 0.3 is 6.18 Å². The van der Waals surface area contributed by atoms with Gasteiger partial charge in [0.05, 0.1) is 36.0 Å².